The van der Waals surface area contributed by atoms with E-state index >= 15 is 0 Å². The van der Waals surface area contributed by atoms with Crippen LogP contribution in [0, 0.1) is 5.92 Å². The lowest BCUT2D eigenvalue weighted by atomic mass is 9.96. The summed E-state index contributed by atoms with van der Waals surface area (Å²) < 4.78 is 8.62. The minimum Gasteiger partial charge on any atom is -0.394 e. The van der Waals surface area contributed by atoms with Crippen molar-refractivity contribution in [1.29, 1.82) is 0 Å². The fraction of sp³-hybridized carbons (Fsp3) is 0.500. The fourth-order valence-corrected chi connectivity index (χ4v) is 6.36. The fourth-order valence-electron chi connectivity index (χ4n) is 6.36. The molecule has 5 rings (SSSR count). The van der Waals surface area contributed by atoms with E-state index in [1.54, 1.807) is 9.80 Å². The quantitative estimate of drug-likeness (QED) is 0.528. The second kappa shape index (κ2) is 11.7. The van der Waals surface area contributed by atoms with Crippen molar-refractivity contribution in [3.8, 4) is 11.1 Å². The number of para-hydroxylation sites is 1. The smallest absolute Gasteiger partial charge is 0.271 e. The average molecular weight is 547 g/mol. The molecule has 0 saturated carbocycles. The lowest BCUT2D eigenvalue weighted by Gasteiger charge is -2.35. The SMILES string of the molecule is C[C@@H]1CN([C@H](C)CO)C(=O)c2c(c3ccccc3n2C)-c2ccccc2CO[C@H]1CN(C)C(=O)[C@@H]1CCCN1C. The van der Waals surface area contributed by atoms with Crippen molar-refractivity contribution in [2.24, 2.45) is 13.0 Å². The number of carbonyl (C=O) groups excluding carboxylic acids is 2. The van der Waals surface area contributed by atoms with Crippen LogP contribution in [0.5, 0.6) is 0 Å². The van der Waals surface area contributed by atoms with Gasteiger partial charge in [0.25, 0.3) is 5.91 Å². The average Bonchev–Trinajstić information content (AvgIpc) is 3.52. The molecule has 0 unspecified atom stereocenters. The third kappa shape index (κ3) is 5.16. The highest BCUT2D eigenvalue weighted by atomic mass is 16.5. The first-order chi connectivity index (χ1) is 19.2. The molecule has 1 aromatic heterocycles. The lowest BCUT2D eigenvalue weighted by molar-refractivity contribution is -0.137. The molecule has 1 saturated heterocycles. The van der Waals surface area contributed by atoms with Crippen molar-refractivity contribution in [3.05, 3.63) is 59.8 Å². The van der Waals surface area contributed by atoms with Gasteiger partial charge in [0.05, 0.1) is 31.4 Å². The normalized spacial score (nSPS) is 23.0. The van der Waals surface area contributed by atoms with Gasteiger partial charge in [-0.05, 0) is 50.6 Å². The van der Waals surface area contributed by atoms with Gasteiger partial charge in [-0.2, -0.15) is 0 Å². The molecule has 0 bridgehead atoms. The number of carbonyl (C=O) groups is 2. The molecule has 8 heteroatoms. The highest BCUT2D eigenvalue weighted by Crippen LogP contribution is 2.38. The molecule has 2 aliphatic heterocycles. The molecule has 1 fully saturated rings. The van der Waals surface area contributed by atoms with Crippen molar-refractivity contribution >= 4 is 22.7 Å². The largest absolute Gasteiger partial charge is 0.394 e. The number of benzene rings is 2. The summed E-state index contributed by atoms with van der Waals surface area (Å²) in [5, 5.41) is 11.2. The number of rotatable bonds is 5. The standard InChI is InChI=1S/C32H42N4O4/c1-21-17-36(22(2)19-37)32(39)30-29(25-13-8-9-14-26(25)35(30)5)24-12-7-6-11-23(24)20-40-28(21)18-34(4)31(38)27-15-10-16-33(27)3/h6-9,11-14,21-22,27-28,37H,10,15-20H2,1-5H3/t21-,22-,27+,28+/m1/s1. The van der Waals surface area contributed by atoms with Gasteiger partial charge in [-0.1, -0.05) is 49.4 Å². The van der Waals surface area contributed by atoms with Crippen molar-refractivity contribution in [2.75, 3.05) is 40.3 Å². The van der Waals surface area contributed by atoms with Gasteiger partial charge in [-0.3, -0.25) is 14.5 Å². The number of likely N-dealkylation sites (N-methyl/N-ethyl adjacent to an activating group) is 2. The zero-order chi connectivity index (χ0) is 28.6. The number of amides is 2. The highest BCUT2D eigenvalue weighted by molar-refractivity contribution is 6.10. The van der Waals surface area contributed by atoms with E-state index in [2.05, 4.69) is 30.0 Å². The molecular weight excluding hydrogens is 504 g/mol. The summed E-state index contributed by atoms with van der Waals surface area (Å²) in [6, 6.07) is 15.7. The van der Waals surface area contributed by atoms with Gasteiger partial charge >= 0.3 is 0 Å². The van der Waals surface area contributed by atoms with Gasteiger partial charge in [0.15, 0.2) is 0 Å². The molecule has 40 heavy (non-hydrogen) atoms. The van der Waals surface area contributed by atoms with Gasteiger partial charge in [0.1, 0.15) is 5.69 Å². The Hall–Kier alpha value is -3.20. The number of nitrogens with zero attached hydrogens (tertiary/aromatic N) is 4. The maximum absolute atomic E-state index is 14.4. The van der Waals surface area contributed by atoms with Crippen LogP contribution in [0.2, 0.25) is 0 Å². The van der Waals surface area contributed by atoms with Crippen LogP contribution in [-0.2, 0) is 23.2 Å². The molecule has 214 valence electrons. The van der Waals surface area contributed by atoms with E-state index < -0.39 is 0 Å². The van der Waals surface area contributed by atoms with E-state index in [1.165, 1.54) is 0 Å². The maximum Gasteiger partial charge on any atom is 0.271 e. The van der Waals surface area contributed by atoms with Crippen LogP contribution in [0.25, 0.3) is 22.0 Å². The summed E-state index contributed by atoms with van der Waals surface area (Å²) in [7, 11) is 5.80. The van der Waals surface area contributed by atoms with E-state index in [4.69, 9.17) is 4.74 Å². The van der Waals surface area contributed by atoms with Crippen LogP contribution in [0.15, 0.2) is 48.5 Å². The molecule has 2 amide bonds. The summed E-state index contributed by atoms with van der Waals surface area (Å²) >= 11 is 0. The highest BCUT2D eigenvalue weighted by Gasteiger charge is 2.35. The minimum absolute atomic E-state index is 0.0853. The number of aliphatic hydroxyl groups excluding tert-OH is 1. The van der Waals surface area contributed by atoms with Crippen LogP contribution in [-0.4, -0.2) is 94.7 Å². The first kappa shape index (κ1) is 28.3. The van der Waals surface area contributed by atoms with E-state index in [0.717, 1.165) is 47.0 Å². The van der Waals surface area contributed by atoms with E-state index in [0.29, 0.717) is 25.4 Å². The van der Waals surface area contributed by atoms with Gasteiger partial charge in [0, 0.05) is 49.6 Å². The molecular formula is C32H42N4O4. The number of fused-ring (bicyclic) bond motifs is 5. The third-order valence-electron chi connectivity index (χ3n) is 8.86. The van der Waals surface area contributed by atoms with Gasteiger partial charge < -0.3 is 24.2 Å². The molecule has 4 atom stereocenters. The van der Waals surface area contributed by atoms with Crippen LogP contribution >= 0.6 is 0 Å². The van der Waals surface area contributed by atoms with Crippen molar-refractivity contribution in [3.63, 3.8) is 0 Å². The molecule has 3 aromatic rings. The van der Waals surface area contributed by atoms with Gasteiger partial charge in [0.2, 0.25) is 5.91 Å². The van der Waals surface area contributed by atoms with E-state index in [-0.39, 0.29) is 42.5 Å². The van der Waals surface area contributed by atoms with Crippen molar-refractivity contribution in [2.45, 2.75) is 51.5 Å². The van der Waals surface area contributed by atoms with E-state index in [1.807, 2.05) is 63.0 Å². The Balaban J connectivity index is 1.58. The van der Waals surface area contributed by atoms with Gasteiger partial charge in [-0.25, -0.2) is 0 Å². The number of aryl methyl sites for hydroxylation is 1. The number of aromatic nitrogens is 1. The molecule has 8 nitrogen and oxygen atoms in total. The Kier molecular flexibility index (Phi) is 8.31. The first-order valence-corrected chi connectivity index (χ1v) is 14.4. The maximum atomic E-state index is 14.4. The predicted molar refractivity (Wildman–Crippen MR) is 157 cm³/mol. The van der Waals surface area contributed by atoms with Crippen LogP contribution in [0.1, 0.15) is 42.7 Å². The topological polar surface area (TPSA) is 78.2 Å². The van der Waals surface area contributed by atoms with Crippen molar-refractivity contribution < 1.29 is 19.4 Å². The minimum atomic E-state index is -0.385. The number of hydrogen-bond donors (Lipinski definition) is 1. The van der Waals surface area contributed by atoms with Crippen molar-refractivity contribution in [1.82, 2.24) is 19.3 Å². The predicted octanol–water partition coefficient (Wildman–Crippen LogP) is 3.76. The Morgan fingerprint density at radius 1 is 1.15 bits per heavy atom. The third-order valence-corrected chi connectivity index (χ3v) is 8.86. The summed E-state index contributed by atoms with van der Waals surface area (Å²) in [4.78, 5) is 33.5. The van der Waals surface area contributed by atoms with Crippen LogP contribution < -0.4 is 0 Å². The number of ether oxygens (including phenoxy) is 1. The molecule has 3 heterocycles. The lowest BCUT2D eigenvalue weighted by Crippen LogP contribution is -2.49. The summed E-state index contributed by atoms with van der Waals surface area (Å²) in [5.74, 6) is -0.0893. The zero-order valence-electron chi connectivity index (χ0n) is 24.3. The Bertz CT molecular complexity index is 1380. The molecule has 2 aromatic carbocycles. The van der Waals surface area contributed by atoms with Gasteiger partial charge in [-0.15, -0.1) is 0 Å². The monoisotopic (exact) mass is 546 g/mol. The van der Waals surface area contributed by atoms with Crippen LogP contribution in [0.3, 0.4) is 0 Å². The molecule has 1 N–H and O–H groups in total. The zero-order valence-corrected chi connectivity index (χ0v) is 24.3. The molecule has 0 radical (unpaired) electrons. The van der Waals surface area contributed by atoms with Crippen LogP contribution in [0.4, 0.5) is 0 Å². The second-order valence-corrected chi connectivity index (χ2v) is 11.6. The molecule has 0 aliphatic carbocycles. The molecule has 2 aliphatic rings. The Morgan fingerprint density at radius 3 is 2.60 bits per heavy atom. The summed E-state index contributed by atoms with van der Waals surface area (Å²) in [6.07, 6.45) is 1.60. The Labute approximate surface area is 237 Å². The number of aliphatic hydroxyl groups is 1. The second-order valence-electron chi connectivity index (χ2n) is 11.6. The number of hydrogen-bond acceptors (Lipinski definition) is 5. The first-order valence-electron chi connectivity index (χ1n) is 14.4. The molecule has 0 spiro atoms. The summed E-state index contributed by atoms with van der Waals surface area (Å²) in [6.45, 7) is 5.92. The Morgan fingerprint density at radius 2 is 1.88 bits per heavy atom. The number of likely N-dealkylation sites (tertiary alicyclic amines) is 1. The van der Waals surface area contributed by atoms with E-state index in [9.17, 15) is 14.7 Å². The summed E-state index contributed by atoms with van der Waals surface area (Å²) in [5.41, 5.74) is 4.44.